The Labute approximate surface area is 121 Å². The molecule has 19 heavy (non-hydrogen) atoms. The number of hydrogen-bond acceptors (Lipinski definition) is 2. The lowest BCUT2D eigenvalue weighted by molar-refractivity contribution is 0.329. The van der Waals surface area contributed by atoms with Crippen LogP contribution in [-0.4, -0.2) is 24.6 Å². The SMILES string of the molecule is CSCCC1(CNC2CC2)CCCc2ccccc21. The van der Waals surface area contributed by atoms with Gasteiger partial charge in [-0.2, -0.15) is 11.8 Å². The van der Waals surface area contributed by atoms with Crippen LogP contribution in [0.25, 0.3) is 0 Å². The van der Waals surface area contributed by atoms with E-state index in [-0.39, 0.29) is 0 Å². The zero-order valence-electron chi connectivity index (χ0n) is 12.0. The van der Waals surface area contributed by atoms with E-state index in [2.05, 4.69) is 35.8 Å². The van der Waals surface area contributed by atoms with E-state index < -0.39 is 0 Å². The quantitative estimate of drug-likeness (QED) is 0.848. The molecule has 2 aliphatic rings. The van der Waals surface area contributed by atoms with Gasteiger partial charge in [0.05, 0.1) is 0 Å². The Morgan fingerprint density at radius 3 is 2.95 bits per heavy atom. The fourth-order valence-corrected chi connectivity index (χ4v) is 4.06. The zero-order valence-corrected chi connectivity index (χ0v) is 12.8. The fourth-order valence-electron chi connectivity index (χ4n) is 3.46. The summed E-state index contributed by atoms with van der Waals surface area (Å²) in [6.07, 6.45) is 10.3. The second-order valence-corrected chi connectivity index (χ2v) is 7.17. The van der Waals surface area contributed by atoms with Crippen molar-refractivity contribution in [2.75, 3.05) is 18.6 Å². The van der Waals surface area contributed by atoms with E-state index in [1.165, 1.54) is 50.8 Å². The third kappa shape index (κ3) is 3.00. The largest absolute Gasteiger partial charge is 0.313 e. The minimum Gasteiger partial charge on any atom is -0.313 e. The third-order valence-electron chi connectivity index (χ3n) is 4.78. The van der Waals surface area contributed by atoms with Crippen LogP contribution < -0.4 is 5.32 Å². The standard InChI is InChI=1S/C17H25NS/c1-19-12-11-17(13-18-15-8-9-15)10-4-6-14-5-2-3-7-16(14)17/h2-3,5,7,15,18H,4,6,8-13H2,1H3. The molecule has 1 nitrogen and oxygen atoms in total. The number of aryl methyl sites for hydroxylation is 1. The Morgan fingerprint density at radius 1 is 1.32 bits per heavy atom. The molecule has 1 unspecified atom stereocenters. The van der Waals surface area contributed by atoms with Crippen LogP contribution in [0, 0.1) is 0 Å². The van der Waals surface area contributed by atoms with E-state index in [1.54, 1.807) is 11.1 Å². The second-order valence-electron chi connectivity index (χ2n) is 6.19. The van der Waals surface area contributed by atoms with Crippen molar-refractivity contribution < 1.29 is 0 Å². The molecular formula is C17H25NS. The first kappa shape index (κ1) is 13.5. The summed E-state index contributed by atoms with van der Waals surface area (Å²) in [5.74, 6) is 1.28. The van der Waals surface area contributed by atoms with Crippen molar-refractivity contribution in [3.05, 3.63) is 35.4 Å². The summed E-state index contributed by atoms with van der Waals surface area (Å²) in [6, 6.07) is 10.00. The summed E-state index contributed by atoms with van der Waals surface area (Å²) in [5, 5.41) is 3.81. The lowest BCUT2D eigenvalue weighted by atomic mass is 9.68. The highest BCUT2D eigenvalue weighted by Crippen LogP contribution is 2.40. The first-order valence-electron chi connectivity index (χ1n) is 7.65. The molecule has 0 saturated heterocycles. The van der Waals surface area contributed by atoms with E-state index in [0.29, 0.717) is 5.41 Å². The smallest absolute Gasteiger partial charge is 0.00885 e. The lowest BCUT2D eigenvalue weighted by Crippen LogP contribution is -2.42. The zero-order chi connectivity index (χ0) is 13.1. The van der Waals surface area contributed by atoms with Gasteiger partial charge in [-0.3, -0.25) is 0 Å². The lowest BCUT2D eigenvalue weighted by Gasteiger charge is -2.40. The van der Waals surface area contributed by atoms with Crippen molar-refractivity contribution in [3.8, 4) is 0 Å². The first-order chi connectivity index (χ1) is 9.34. The average molecular weight is 275 g/mol. The minimum absolute atomic E-state index is 0.403. The van der Waals surface area contributed by atoms with E-state index in [1.807, 2.05) is 11.8 Å². The number of hydrogen-bond donors (Lipinski definition) is 1. The Bertz CT molecular complexity index is 427. The molecule has 1 aromatic carbocycles. The van der Waals surface area contributed by atoms with Gasteiger partial charge in [0.25, 0.3) is 0 Å². The minimum atomic E-state index is 0.403. The number of benzene rings is 1. The van der Waals surface area contributed by atoms with Gasteiger partial charge < -0.3 is 5.32 Å². The Hall–Kier alpha value is -0.470. The molecule has 1 aromatic rings. The Kier molecular flexibility index (Phi) is 4.18. The van der Waals surface area contributed by atoms with E-state index >= 15 is 0 Å². The predicted octanol–water partition coefficient (Wildman–Crippen LogP) is 3.77. The summed E-state index contributed by atoms with van der Waals surface area (Å²) in [7, 11) is 0. The van der Waals surface area contributed by atoms with Gasteiger partial charge in [-0.05, 0) is 61.7 Å². The molecule has 0 bridgehead atoms. The van der Waals surface area contributed by atoms with Crippen LogP contribution in [0.5, 0.6) is 0 Å². The molecule has 0 spiro atoms. The fraction of sp³-hybridized carbons (Fsp3) is 0.647. The summed E-state index contributed by atoms with van der Waals surface area (Å²) in [6.45, 7) is 1.19. The molecule has 0 amide bonds. The molecular weight excluding hydrogens is 250 g/mol. The molecule has 2 heteroatoms. The molecule has 3 rings (SSSR count). The number of fused-ring (bicyclic) bond motifs is 1. The molecule has 0 heterocycles. The maximum absolute atomic E-state index is 3.81. The van der Waals surface area contributed by atoms with Gasteiger partial charge >= 0.3 is 0 Å². The van der Waals surface area contributed by atoms with Crippen LogP contribution in [0.4, 0.5) is 0 Å². The first-order valence-corrected chi connectivity index (χ1v) is 9.04. The van der Waals surface area contributed by atoms with Crippen molar-refractivity contribution in [1.29, 1.82) is 0 Å². The molecule has 104 valence electrons. The predicted molar refractivity (Wildman–Crippen MR) is 85.1 cm³/mol. The Morgan fingerprint density at radius 2 is 2.16 bits per heavy atom. The highest BCUT2D eigenvalue weighted by molar-refractivity contribution is 7.98. The van der Waals surface area contributed by atoms with Crippen molar-refractivity contribution >= 4 is 11.8 Å². The van der Waals surface area contributed by atoms with Crippen molar-refractivity contribution in [1.82, 2.24) is 5.32 Å². The summed E-state index contributed by atoms with van der Waals surface area (Å²) >= 11 is 1.99. The molecule has 1 saturated carbocycles. The molecule has 0 aliphatic heterocycles. The maximum atomic E-state index is 3.81. The van der Waals surface area contributed by atoms with Crippen molar-refractivity contribution in [2.45, 2.75) is 50.0 Å². The van der Waals surface area contributed by atoms with Gasteiger partial charge in [0.1, 0.15) is 0 Å². The van der Waals surface area contributed by atoms with E-state index in [9.17, 15) is 0 Å². The van der Waals surface area contributed by atoms with Crippen LogP contribution in [0.1, 0.15) is 43.2 Å². The number of thioether (sulfide) groups is 1. The molecule has 1 atom stereocenters. The normalized spacial score (nSPS) is 26.2. The van der Waals surface area contributed by atoms with Crippen LogP contribution in [-0.2, 0) is 11.8 Å². The summed E-state index contributed by atoms with van der Waals surface area (Å²) in [4.78, 5) is 0. The molecule has 0 aromatic heterocycles. The van der Waals surface area contributed by atoms with Gasteiger partial charge in [-0.25, -0.2) is 0 Å². The monoisotopic (exact) mass is 275 g/mol. The van der Waals surface area contributed by atoms with Crippen LogP contribution in [0.2, 0.25) is 0 Å². The number of rotatable bonds is 6. The van der Waals surface area contributed by atoms with Crippen molar-refractivity contribution in [2.24, 2.45) is 0 Å². The number of nitrogens with one attached hydrogen (secondary N) is 1. The highest BCUT2D eigenvalue weighted by atomic mass is 32.2. The van der Waals surface area contributed by atoms with Gasteiger partial charge in [0.15, 0.2) is 0 Å². The van der Waals surface area contributed by atoms with Crippen LogP contribution in [0.3, 0.4) is 0 Å². The Balaban J connectivity index is 1.84. The summed E-state index contributed by atoms with van der Waals surface area (Å²) in [5.41, 5.74) is 3.65. The maximum Gasteiger partial charge on any atom is 0.00885 e. The topological polar surface area (TPSA) is 12.0 Å². The summed E-state index contributed by atoms with van der Waals surface area (Å²) < 4.78 is 0. The third-order valence-corrected chi connectivity index (χ3v) is 5.39. The van der Waals surface area contributed by atoms with E-state index in [0.717, 1.165) is 6.04 Å². The van der Waals surface area contributed by atoms with Gasteiger partial charge in [0, 0.05) is 18.0 Å². The van der Waals surface area contributed by atoms with Crippen LogP contribution >= 0.6 is 11.8 Å². The van der Waals surface area contributed by atoms with Gasteiger partial charge in [0.2, 0.25) is 0 Å². The molecule has 1 fully saturated rings. The van der Waals surface area contributed by atoms with Gasteiger partial charge in [-0.1, -0.05) is 24.3 Å². The van der Waals surface area contributed by atoms with Crippen molar-refractivity contribution in [3.63, 3.8) is 0 Å². The highest BCUT2D eigenvalue weighted by Gasteiger charge is 2.37. The van der Waals surface area contributed by atoms with Crippen LogP contribution in [0.15, 0.2) is 24.3 Å². The average Bonchev–Trinajstić information content (AvgIpc) is 3.27. The van der Waals surface area contributed by atoms with Gasteiger partial charge in [-0.15, -0.1) is 0 Å². The molecule has 0 radical (unpaired) electrons. The molecule has 2 aliphatic carbocycles. The molecule has 1 N–H and O–H groups in total. The van der Waals surface area contributed by atoms with E-state index in [4.69, 9.17) is 0 Å². The second kappa shape index (κ2) is 5.88.